The Hall–Kier alpha value is -3.20. The van der Waals surface area contributed by atoms with Gasteiger partial charge in [0.15, 0.2) is 0 Å². The Morgan fingerprint density at radius 1 is 0.968 bits per heavy atom. The summed E-state index contributed by atoms with van der Waals surface area (Å²) in [7, 11) is 0. The lowest BCUT2D eigenvalue weighted by atomic mass is 10.0. The number of phenolic OH excluding ortho intramolecular Hbond substituents is 1. The molecule has 9 heteroatoms. The third-order valence-corrected chi connectivity index (χ3v) is 5.07. The summed E-state index contributed by atoms with van der Waals surface area (Å²) in [5.41, 5.74) is 1.45. The van der Waals surface area contributed by atoms with Gasteiger partial charge in [0.25, 0.3) is 0 Å². The molecule has 0 aromatic heterocycles. The molecule has 0 saturated carbocycles. The standard InChI is InChI=1S/C22H26N2O6S/c1-31-12-11-18(24-22(29)30-14-16-5-3-2-4-6-16)20(26)23-19(21(27)28)13-15-7-9-17(25)10-8-15/h2-10,18-19,25H,11-14H2,1H3,(H,23,26)(H,24,29)(H,27,28). The molecular weight excluding hydrogens is 420 g/mol. The Bertz CT molecular complexity index is 860. The number of ether oxygens (including phenoxy) is 1. The Kier molecular flexibility index (Phi) is 9.70. The Labute approximate surface area is 185 Å². The molecule has 0 aliphatic carbocycles. The van der Waals surface area contributed by atoms with Crippen molar-refractivity contribution in [1.82, 2.24) is 10.6 Å². The SMILES string of the molecule is CSCCC(NC(=O)OCc1ccccc1)C(=O)NC(Cc1ccc(O)cc1)C(=O)O. The number of carboxylic acid groups (broad SMARTS) is 1. The number of benzene rings is 2. The summed E-state index contributed by atoms with van der Waals surface area (Å²) < 4.78 is 5.17. The second-order valence-electron chi connectivity index (χ2n) is 6.81. The topological polar surface area (TPSA) is 125 Å². The predicted molar refractivity (Wildman–Crippen MR) is 118 cm³/mol. The second kappa shape index (κ2) is 12.5. The molecule has 0 aliphatic heterocycles. The minimum atomic E-state index is -1.20. The number of nitrogens with one attached hydrogen (secondary N) is 2. The monoisotopic (exact) mass is 446 g/mol. The lowest BCUT2D eigenvalue weighted by molar-refractivity contribution is -0.142. The summed E-state index contributed by atoms with van der Waals surface area (Å²) in [4.78, 5) is 36.5. The molecule has 2 atom stereocenters. The summed E-state index contributed by atoms with van der Waals surface area (Å²) in [5.74, 6) is -1.14. The van der Waals surface area contributed by atoms with Gasteiger partial charge in [0.2, 0.25) is 5.91 Å². The first-order valence-electron chi connectivity index (χ1n) is 9.66. The van der Waals surface area contributed by atoms with Crippen molar-refractivity contribution in [3.8, 4) is 5.75 Å². The zero-order chi connectivity index (χ0) is 22.6. The number of amides is 2. The van der Waals surface area contributed by atoms with Crippen molar-refractivity contribution in [3.05, 3.63) is 65.7 Å². The van der Waals surface area contributed by atoms with E-state index in [9.17, 15) is 24.6 Å². The van der Waals surface area contributed by atoms with Crippen molar-refractivity contribution in [2.45, 2.75) is 31.5 Å². The number of aromatic hydroxyl groups is 1. The van der Waals surface area contributed by atoms with Gasteiger partial charge in [-0.3, -0.25) is 4.79 Å². The van der Waals surface area contributed by atoms with E-state index in [1.165, 1.54) is 23.9 Å². The number of carbonyl (C=O) groups is 3. The zero-order valence-corrected chi connectivity index (χ0v) is 17.9. The first kappa shape index (κ1) is 24.1. The van der Waals surface area contributed by atoms with E-state index in [0.29, 0.717) is 17.7 Å². The van der Waals surface area contributed by atoms with Crippen LogP contribution >= 0.6 is 11.8 Å². The molecule has 0 bridgehead atoms. The average Bonchev–Trinajstić information content (AvgIpc) is 2.76. The number of hydrogen-bond donors (Lipinski definition) is 4. The van der Waals surface area contributed by atoms with Gasteiger partial charge in [-0.25, -0.2) is 9.59 Å². The van der Waals surface area contributed by atoms with E-state index in [1.807, 2.05) is 36.6 Å². The Morgan fingerprint density at radius 2 is 1.65 bits per heavy atom. The van der Waals surface area contributed by atoms with Crippen LogP contribution in [0.5, 0.6) is 5.75 Å². The minimum Gasteiger partial charge on any atom is -0.508 e. The highest BCUT2D eigenvalue weighted by Crippen LogP contribution is 2.12. The first-order valence-corrected chi connectivity index (χ1v) is 11.1. The maximum Gasteiger partial charge on any atom is 0.408 e. The van der Waals surface area contributed by atoms with Crippen molar-refractivity contribution in [2.24, 2.45) is 0 Å². The van der Waals surface area contributed by atoms with Gasteiger partial charge < -0.3 is 25.6 Å². The lowest BCUT2D eigenvalue weighted by Crippen LogP contribution is -2.52. The number of phenols is 1. The summed E-state index contributed by atoms with van der Waals surface area (Å²) in [6.07, 6.45) is 1.47. The molecule has 0 radical (unpaired) electrons. The number of carboxylic acids is 1. The van der Waals surface area contributed by atoms with Crippen LogP contribution in [-0.4, -0.2) is 52.3 Å². The Balaban J connectivity index is 1.97. The molecule has 2 unspecified atom stereocenters. The molecule has 0 saturated heterocycles. The number of rotatable bonds is 11. The summed E-state index contributed by atoms with van der Waals surface area (Å²) in [6, 6.07) is 13.1. The van der Waals surface area contributed by atoms with E-state index in [0.717, 1.165) is 5.56 Å². The van der Waals surface area contributed by atoms with Crippen molar-refractivity contribution in [1.29, 1.82) is 0 Å². The molecule has 2 aromatic carbocycles. The third-order valence-electron chi connectivity index (χ3n) is 4.42. The second-order valence-corrected chi connectivity index (χ2v) is 7.80. The minimum absolute atomic E-state index is 0.0368. The highest BCUT2D eigenvalue weighted by molar-refractivity contribution is 7.98. The van der Waals surface area contributed by atoms with Crippen LogP contribution in [-0.2, 0) is 27.4 Å². The van der Waals surface area contributed by atoms with Crippen molar-refractivity contribution >= 4 is 29.7 Å². The van der Waals surface area contributed by atoms with Crippen LogP contribution in [0.3, 0.4) is 0 Å². The fraction of sp³-hybridized carbons (Fsp3) is 0.318. The summed E-state index contributed by atoms with van der Waals surface area (Å²) in [5, 5.41) is 23.9. The molecule has 0 heterocycles. The number of thioether (sulfide) groups is 1. The summed E-state index contributed by atoms with van der Waals surface area (Å²) in [6.45, 7) is 0.0577. The van der Waals surface area contributed by atoms with Gasteiger partial charge in [-0.15, -0.1) is 0 Å². The molecule has 0 fully saturated rings. The van der Waals surface area contributed by atoms with E-state index in [1.54, 1.807) is 12.1 Å². The molecule has 2 amide bonds. The van der Waals surface area contributed by atoms with Crippen LogP contribution in [0.4, 0.5) is 4.79 Å². The van der Waals surface area contributed by atoms with E-state index < -0.39 is 30.1 Å². The van der Waals surface area contributed by atoms with E-state index in [4.69, 9.17) is 4.74 Å². The highest BCUT2D eigenvalue weighted by atomic mass is 32.2. The van der Waals surface area contributed by atoms with Crippen molar-refractivity contribution < 1.29 is 29.3 Å². The van der Waals surface area contributed by atoms with E-state index >= 15 is 0 Å². The lowest BCUT2D eigenvalue weighted by Gasteiger charge is -2.21. The number of aliphatic carboxylic acids is 1. The molecule has 2 aromatic rings. The van der Waals surface area contributed by atoms with Gasteiger partial charge in [-0.2, -0.15) is 11.8 Å². The highest BCUT2D eigenvalue weighted by Gasteiger charge is 2.27. The fourth-order valence-corrected chi connectivity index (χ4v) is 3.22. The molecule has 166 valence electrons. The maximum absolute atomic E-state index is 12.7. The largest absolute Gasteiger partial charge is 0.508 e. The fourth-order valence-electron chi connectivity index (χ4n) is 2.75. The van der Waals surface area contributed by atoms with Gasteiger partial charge >= 0.3 is 12.1 Å². The van der Waals surface area contributed by atoms with Gasteiger partial charge in [-0.05, 0) is 41.7 Å². The molecule has 0 spiro atoms. The zero-order valence-electron chi connectivity index (χ0n) is 17.1. The normalized spacial score (nSPS) is 12.4. The predicted octanol–water partition coefficient (Wildman–Crippen LogP) is 2.55. The van der Waals surface area contributed by atoms with Gasteiger partial charge in [0, 0.05) is 6.42 Å². The molecule has 31 heavy (non-hydrogen) atoms. The molecule has 4 N–H and O–H groups in total. The van der Waals surface area contributed by atoms with E-state index in [2.05, 4.69) is 10.6 Å². The average molecular weight is 447 g/mol. The van der Waals surface area contributed by atoms with Crippen molar-refractivity contribution in [3.63, 3.8) is 0 Å². The number of alkyl carbamates (subject to hydrolysis) is 1. The molecular formula is C22H26N2O6S. The maximum atomic E-state index is 12.7. The van der Waals surface area contributed by atoms with Gasteiger partial charge in [0.1, 0.15) is 24.4 Å². The van der Waals surface area contributed by atoms with Crippen molar-refractivity contribution in [2.75, 3.05) is 12.0 Å². The third kappa shape index (κ3) is 8.59. The number of carbonyl (C=O) groups excluding carboxylic acids is 2. The summed E-state index contributed by atoms with van der Waals surface area (Å²) >= 11 is 1.50. The van der Waals surface area contributed by atoms with Crippen LogP contribution < -0.4 is 10.6 Å². The van der Waals surface area contributed by atoms with Gasteiger partial charge in [0.05, 0.1) is 0 Å². The van der Waals surface area contributed by atoms with Crippen LogP contribution in [0, 0.1) is 0 Å². The van der Waals surface area contributed by atoms with Gasteiger partial charge in [-0.1, -0.05) is 42.5 Å². The molecule has 2 rings (SSSR count). The molecule has 8 nitrogen and oxygen atoms in total. The number of hydrogen-bond acceptors (Lipinski definition) is 6. The Morgan fingerprint density at radius 3 is 2.26 bits per heavy atom. The molecule has 0 aliphatic rings. The smallest absolute Gasteiger partial charge is 0.408 e. The quantitative estimate of drug-likeness (QED) is 0.418. The van der Waals surface area contributed by atoms with Crippen LogP contribution in [0.15, 0.2) is 54.6 Å². The van der Waals surface area contributed by atoms with Crippen LogP contribution in [0.25, 0.3) is 0 Å². The van der Waals surface area contributed by atoms with E-state index in [-0.39, 0.29) is 18.8 Å². The van der Waals surface area contributed by atoms with Crippen LogP contribution in [0.2, 0.25) is 0 Å². The van der Waals surface area contributed by atoms with Crippen LogP contribution in [0.1, 0.15) is 17.5 Å². The first-order chi connectivity index (χ1) is 14.9.